The summed E-state index contributed by atoms with van der Waals surface area (Å²) >= 11 is 0. The highest BCUT2D eigenvalue weighted by molar-refractivity contribution is 5.73. The second-order valence-corrected chi connectivity index (χ2v) is 10.6. The van der Waals surface area contributed by atoms with E-state index < -0.39 is 30.6 Å². The van der Waals surface area contributed by atoms with Crippen LogP contribution in [0, 0.1) is 0 Å². The summed E-state index contributed by atoms with van der Waals surface area (Å²) in [6.45, 7) is 3.13. The molecule has 1 N–H and O–H groups in total. The van der Waals surface area contributed by atoms with Crippen molar-refractivity contribution in [3.8, 4) is 0 Å². The van der Waals surface area contributed by atoms with Crippen LogP contribution >= 0.6 is 0 Å². The van der Waals surface area contributed by atoms with E-state index in [2.05, 4.69) is 5.32 Å². The van der Waals surface area contributed by atoms with Gasteiger partial charge in [-0.1, -0.05) is 121 Å². The second-order valence-electron chi connectivity index (χ2n) is 10.6. The third kappa shape index (κ3) is 9.32. The molecule has 5 rings (SSSR count). The molecule has 5 atom stereocenters. The van der Waals surface area contributed by atoms with E-state index >= 15 is 0 Å². The second kappa shape index (κ2) is 16.1. The Kier molecular flexibility index (Phi) is 11.5. The van der Waals surface area contributed by atoms with E-state index in [9.17, 15) is 4.79 Å². The Morgan fingerprint density at radius 3 is 1.49 bits per heavy atom. The highest BCUT2D eigenvalue weighted by Gasteiger charge is 2.48. The van der Waals surface area contributed by atoms with Crippen molar-refractivity contribution in [2.24, 2.45) is 0 Å². The molecule has 1 saturated heterocycles. The summed E-state index contributed by atoms with van der Waals surface area (Å²) in [5, 5.41) is 3.05. The molecule has 7 heteroatoms. The molecule has 1 heterocycles. The average molecular weight is 582 g/mol. The van der Waals surface area contributed by atoms with E-state index in [-0.39, 0.29) is 12.5 Å². The summed E-state index contributed by atoms with van der Waals surface area (Å²) in [5.41, 5.74) is 4.08. The molecule has 224 valence electrons. The molecular weight excluding hydrogens is 542 g/mol. The van der Waals surface area contributed by atoms with Crippen molar-refractivity contribution in [2.75, 3.05) is 6.61 Å². The van der Waals surface area contributed by atoms with Crippen LogP contribution in [-0.4, -0.2) is 43.2 Å². The highest BCUT2D eigenvalue weighted by Crippen LogP contribution is 2.30. The van der Waals surface area contributed by atoms with E-state index in [0.29, 0.717) is 26.4 Å². The predicted molar refractivity (Wildman–Crippen MR) is 164 cm³/mol. The number of rotatable bonds is 14. The fraction of sp³-hybridized carbons (Fsp3) is 0.306. The Bertz CT molecular complexity index is 1360. The Morgan fingerprint density at radius 2 is 1.02 bits per heavy atom. The lowest BCUT2D eigenvalue weighted by atomic mass is 9.95. The van der Waals surface area contributed by atoms with Crippen molar-refractivity contribution in [1.29, 1.82) is 0 Å². The Morgan fingerprint density at radius 1 is 0.605 bits per heavy atom. The van der Waals surface area contributed by atoms with Gasteiger partial charge in [0.1, 0.15) is 24.4 Å². The van der Waals surface area contributed by atoms with Crippen LogP contribution in [0.15, 0.2) is 121 Å². The van der Waals surface area contributed by atoms with Crippen LogP contribution in [0.5, 0.6) is 0 Å². The fourth-order valence-electron chi connectivity index (χ4n) is 5.12. The normalized spacial score (nSPS) is 21.7. The monoisotopic (exact) mass is 581 g/mol. The molecule has 1 amide bonds. The van der Waals surface area contributed by atoms with Crippen molar-refractivity contribution in [1.82, 2.24) is 5.32 Å². The number of carbonyl (C=O) groups excluding carboxylic acids is 1. The zero-order valence-corrected chi connectivity index (χ0v) is 24.4. The molecule has 43 heavy (non-hydrogen) atoms. The van der Waals surface area contributed by atoms with Crippen LogP contribution < -0.4 is 5.32 Å². The van der Waals surface area contributed by atoms with E-state index in [1.165, 1.54) is 6.92 Å². The predicted octanol–water partition coefficient (Wildman–Crippen LogP) is 5.82. The van der Waals surface area contributed by atoms with Gasteiger partial charge in [0, 0.05) is 6.92 Å². The first-order valence-corrected chi connectivity index (χ1v) is 14.7. The van der Waals surface area contributed by atoms with Gasteiger partial charge in [-0.3, -0.25) is 4.79 Å². The van der Waals surface area contributed by atoms with Gasteiger partial charge in [0.05, 0.1) is 33.0 Å². The number of nitrogens with one attached hydrogen (secondary N) is 1. The summed E-state index contributed by atoms with van der Waals surface area (Å²) in [6, 6.07) is 39.1. The minimum absolute atomic E-state index is 0.212. The Balaban J connectivity index is 1.41. The summed E-state index contributed by atoms with van der Waals surface area (Å²) in [7, 11) is 0. The topological polar surface area (TPSA) is 75.3 Å². The molecular formula is C36H39NO6. The van der Waals surface area contributed by atoms with Gasteiger partial charge in [-0.25, -0.2) is 0 Å². The quantitative estimate of drug-likeness (QED) is 0.202. The van der Waals surface area contributed by atoms with E-state index in [1.54, 1.807) is 0 Å². The maximum absolute atomic E-state index is 12.5. The number of hydrogen-bond donors (Lipinski definition) is 1. The third-order valence-electron chi connectivity index (χ3n) is 7.24. The van der Waals surface area contributed by atoms with E-state index in [4.69, 9.17) is 23.7 Å². The number of amides is 1. The number of hydrogen-bond acceptors (Lipinski definition) is 6. The van der Waals surface area contributed by atoms with E-state index in [0.717, 1.165) is 22.3 Å². The minimum atomic E-state index is -0.799. The molecule has 1 aliphatic rings. The van der Waals surface area contributed by atoms with Crippen LogP contribution in [0.3, 0.4) is 0 Å². The lowest BCUT2D eigenvalue weighted by Gasteiger charge is -2.46. The van der Waals surface area contributed by atoms with E-state index in [1.807, 2.05) is 121 Å². The lowest BCUT2D eigenvalue weighted by molar-refractivity contribution is -0.293. The molecule has 7 nitrogen and oxygen atoms in total. The first-order valence-electron chi connectivity index (χ1n) is 14.7. The zero-order chi connectivity index (χ0) is 29.7. The van der Waals surface area contributed by atoms with Crippen LogP contribution in [0.25, 0.3) is 0 Å². The molecule has 0 radical (unpaired) electrons. The van der Waals surface area contributed by atoms with Crippen LogP contribution in [-0.2, 0) is 54.9 Å². The Hall–Kier alpha value is -3.85. The van der Waals surface area contributed by atoms with Crippen molar-refractivity contribution >= 4 is 5.91 Å². The maximum atomic E-state index is 12.5. The van der Waals surface area contributed by atoms with Gasteiger partial charge < -0.3 is 29.0 Å². The third-order valence-corrected chi connectivity index (χ3v) is 7.24. The standard InChI is InChI=1S/C36H39NO6/c1-27(38)37-33-35(41-24-30-18-10-4-11-19-30)34(40-23-29-16-8-3-9-17-29)32(26-39-22-28-14-6-2-7-15-28)43-36(33)42-25-31-20-12-5-13-21-31/h2-21,32-36H,22-26H2,1H3,(H,37,38)/t32-,33+,34-,35-,36+/m1/s1. The Labute approximate surface area is 253 Å². The molecule has 1 aliphatic heterocycles. The zero-order valence-electron chi connectivity index (χ0n) is 24.4. The molecule has 0 saturated carbocycles. The van der Waals surface area contributed by atoms with Gasteiger partial charge in [0.15, 0.2) is 6.29 Å². The van der Waals surface area contributed by atoms with Gasteiger partial charge in [-0.05, 0) is 22.3 Å². The first-order chi connectivity index (χ1) is 21.2. The van der Waals surface area contributed by atoms with Gasteiger partial charge in [0.2, 0.25) is 5.91 Å². The van der Waals surface area contributed by atoms with Gasteiger partial charge >= 0.3 is 0 Å². The summed E-state index contributed by atoms with van der Waals surface area (Å²) in [5.74, 6) is -0.212. The smallest absolute Gasteiger partial charge is 0.217 e. The molecule has 0 unspecified atom stereocenters. The average Bonchev–Trinajstić information content (AvgIpc) is 3.05. The molecule has 0 spiro atoms. The molecule has 4 aromatic rings. The summed E-state index contributed by atoms with van der Waals surface area (Å²) in [6.07, 6.45) is -2.48. The molecule has 1 fully saturated rings. The SMILES string of the molecule is CC(=O)N[C@@H]1[C@@H](OCc2ccccc2)O[C@H](COCc2ccccc2)[C@@H](OCc2ccccc2)[C@@H]1OCc1ccccc1. The minimum Gasteiger partial charge on any atom is -0.374 e. The lowest BCUT2D eigenvalue weighted by Crippen LogP contribution is -2.66. The molecule has 0 aliphatic carbocycles. The fourth-order valence-corrected chi connectivity index (χ4v) is 5.12. The number of carbonyl (C=O) groups is 1. The molecule has 4 aromatic carbocycles. The maximum Gasteiger partial charge on any atom is 0.217 e. The largest absolute Gasteiger partial charge is 0.374 e. The van der Waals surface area contributed by atoms with Crippen LogP contribution in [0.1, 0.15) is 29.2 Å². The van der Waals surface area contributed by atoms with Gasteiger partial charge in [-0.2, -0.15) is 0 Å². The van der Waals surface area contributed by atoms with Gasteiger partial charge in [-0.15, -0.1) is 0 Å². The van der Waals surface area contributed by atoms with Crippen molar-refractivity contribution in [3.63, 3.8) is 0 Å². The van der Waals surface area contributed by atoms with Crippen molar-refractivity contribution in [3.05, 3.63) is 144 Å². The first kappa shape index (κ1) is 30.6. The summed E-state index contributed by atoms with van der Waals surface area (Å²) in [4.78, 5) is 12.5. The molecule has 0 aromatic heterocycles. The van der Waals surface area contributed by atoms with Crippen LogP contribution in [0.2, 0.25) is 0 Å². The number of benzene rings is 4. The number of ether oxygens (including phenoxy) is 5. The van der Waals surface area contributed by atoms with Crippen LogP contribution in [0.4, 0.5) is 0 Å². The summed E-state index contributed by atoms with van der Waals surface area (Å²) < 4.78 is 32.3. The van der Waals surface area contributed by atoms with Gasteiger partial charge in [0.25, 0.3) is 0 Å². The highest BCUT2D eigenvalue weighted by atomic mass is 16.7. The molecule has 0 bridgehead atoms. The van der Waals surface area contributed by atoms with Crippen molar-refractivity contribution < 1.29 is 28.5 Å². The van der Waals surface area contributed by atoms with Crippen molar-refractivity contribution in [2.45, 2.75) is 64.0 Å².